The second kappa shape index (κ2) is 6.18. The number of aryl methyl sites for hydroxylation is 1. The van der Waals surface area contributed by atoms with E-state index in [1.807, 2.05) is 13.1 Å². The molecule has 24 heavy (non-hydrogen) atoms. The van der Waals surface area contributed by atoms with Gasteiger partial charge in [0.1, 0.15) is 5.92 Å². The normalized spacial score (nSPS) is 20.0. The zero-order valence-corrected chi connectivity index (χ0v) is 13.5. The number of amides is 1. The highest BCUT2D eigenvalue weighted by Crippen LogP contribution is 2.36. The van der Waals surface area contributed by atoms with Gasteiger partial charge in [-0.2, -0.15) is 5.10 Å². The van der Waals surface area contributed by atoms with Crippen molar-refractivity contribution in [1.29, 1.82) is 0 Å². The van der Waals surface area contributed by atoms with E-state index in [0.29, 0.717) is 17.9 Å². The fourth-order valence-electron chi connectivity index (χ4n) is 3.00. The van der Waals surface area contributed by atoms with Gasteiger partial charge in [0.05, 0.1) is 30.3 Å². The molecule has 1 atom stereocenters. The molecule has 1 saturated heterocycles. The molecule has 1 N–H and O–H groups in total. The number of piperidine rings is 1. The lowest BCUT2D eigenvalue weighted by Crippen LogP contribution is -2.53. The number of hydrogen-bond donors (Lipinski definition) is 1. The van der Waals surface area contributed by atoms with Gasteiger partial charge in [-0.15, -0.1) is 0 Å². The van der Waals surface area contributed by atoms with Crippen LogP contribution in [0.3, 0.4) is 0 Å². The maximum Gasteiger partial charge on any atom is 0.276 e. The molecular weight excluding hydrogens is 316 g/mol. The molecule has 0 aliphatic carbocycles. The molecule has 128 valence electrons. The van der Waals surface area contributed by atoms with Gasteiger partial charge in [0.15, 0.2) is 0 Å². The predicted octanol–water partition coefficient (Wildman–Crippen LogP) is 1.78. The molecule has 2 aromatic heterocycles. The first-order valence-corrected chi connectivity index (χ1v) is 7.72. The van der Waals surface area contributed by atoms with E-state index in [9.17, 15) is 13.6 Å². The van der Waals surface area contributed by atoms with Gasteiger partial charge in [0.2, 0.25) is 5.91 Å². The van der Waals surface area contributed by atoms with Crippen molar-refractivity contribution in [2.24, 2.45) is 5.92 Å². The average molecular weight is 335 g/mol. The first-order valence-electron chi connectivity index (χ1n) is 7.72. The van der Waals surface area contributed by atoms with Gasteiger partial charge in [-0.25, -0.2) is 13.5 Å². The minimum absolute atomic E-state index is 0.0825. The Kier molecular flexibility index (Phi) is 4.21. The third-order valence-electron chi connectivity index (χ3n) is 4.24. The van der Waals surface area contributed by atoms with E-state index in [0.717, 1.165) is 5.56 Å². The Morgan fingerprint density at radius 2 is 2.17 bits per heavy atom. The van der Waals surface area contributed by atoms with Gasteiger partial charge in [-0.3, -0.25) is 9.78 Å². The Morgan fingerprint density at radius 3 is 2.79 bits per heavy atom. The summed E-state index contributed by atoms with van der Waals surface area (Å²) in [6.07, 6.45) is 6.78. The van der Waals surface area contributed by atoms with Crippen molar-refractivity contribution in [3.05, 3.63) is 36.4 Å². The van der Waals surface area contributed by atoms with E-state index in [4.69, 9.17) is 0 Å². The zero-order chi connectivity index (χ0) is 17.3. The minimum Gasteiger partial charge on any atom is -0.362 e. The quantitative estimate of drug-likeness (QED) is 0.929. The molecule has 0 aromatic carbocycles. The molecule has 1 fully saturated rings. The summed E-state index contributed by atoms with van der Waals surface area (Å²) in [7, 11) is 1.38. The average Bonchev–Trinajstić information content (AvgIpc) is 2.99. The van der Waals surface area contributed by atoms with Crippen LogP contribution in [-0.4, -0.2) is 46.7 Å². The van der Waals surface area contributed by atoms with Crippen molar-refractivity contribution >= 4 is 11.6 Å². The first-order chi connectivity index (χ1) is 11.4. The molecule has 0 radical (unpaired) electrons. The number of nitrogens with zero attached hydrogens (tertiary/aromatic N) is 4. The number of pyridine rings is 1. The Labute approximate surface area is 138 Å². The number of carbonyl (C=O) groups is 1. The van der Waals surface area contributed by atoms with Crippen LogP contribution in [0.1, 0.15) is 12.0 Å². The van der Waals surface area contributed by atoms with Gasteiger partial charge in [-0.1, -0.05) is 0 Å². The zero-order valence-electron chi connectivity index (χ0n) is 13.5. The predicted molar refractivity (Wildman–Crippen MR) is 85.4 cm³/mol. The lowest BCUT2D eigenvalue weighted by atomic mass is 9.91. The molecule has 0 saturated carbocycles. The van der Waals surface area contributed by atoms with E-state index in [-0.39, 0.29) is 6.42 Å². The molecule has 3 heterocycles. The van der Waals surface area contributed by atoms with Gasteiger partial charge in [0, 0.05) is 26.0 Å². The van der Waals surface area contributed by atoms with Crippen LogP contribution in [0.5, 0.6) is 0 Å². The van der Waals surface area contributed by atoms with Crippen LogP contribution in [0, 0.1) is 12.8 Å². The highest BCUT2D eigenvalue weighted by Gasteiger charge is 2.48. The Morgan fingerprint density at radius 1 is 1.38 bits per heavy atom. The van der Waals surface area contributed by atoms with E-state index < -0.39 is 24.3 Å². The SMILES string of the molecule is CNC(=O)C1CCN(c2cnccc2-n2cc(C)cn2)CC1(F)F. The summed E-state index contributed by atoms with van der Waals surface area (Å²) >= 11 is 0. The highest BCUT2D eigenvalue weighted by atomic mass is 19.3. The maximum absolute atomic E-state index is 14.4. The summed E-state index contributed by atoms with van der Waals surface area (Å²) < 4.78 is 30.5. The summed E-state index contributed by atoms with van der Waals surface area (Å²) in [5.74, 6) is -5.02. The molecule has 0 spiro atoms. The largest absolute Gasteiger partial charge is 0.362 e. The number of carbonyl (C=O) groups excluding carboxylic acids is 1. The van der Waals surface area contributed by atoms with Crippen molar-refractivity contribution in [2.75, 3.05) is 25.0 Å². The number of halogens is 2. The molecule has 1 amide bonds. The minimum atomic E-state index is -3.11. The fraction of sp³-hybridized carbons (Fsp3) is 0.438. The van der Waals surface area contributed by atoms with Crippen LogP contribution in [-0.2, 0) is 4.79 Å². The Hall–Kier alpha value is -2.51. The van der Waals surface area contributed by atoms with E-state index in [2.05, 4.69) is 15.4 Å². The maximum atomic E-state index is 14.4. The third-order valence-corrected chi connectivity index (χ3v) is 4.24. The van der Waals surface area contributed by atoms with Crippen LogP contribution in [0.25, 0.3) is 5.69 Å². The fourth-order valence-corrected chi connectivity index (χ4v) is 3.00. The standard InChI is InChI=1S/C16H19F2N5O/c1-11-7-21-23(9-11)13-3-5-20-8-14(13)22-6-4-12(15(24)19-2)16(17,18)10-22/h3,5,7-9,12H,4,6,10H2,1-2H3,(H,19,24). The monoisotopic (exact) mass is 335 g/mol. The van der Waals surface area contributed by atoms with E-state index in [1.165, 1.54) is 7.05 Å². The van der Waals surface area contributed by atoms with Crippen LogP contribution >= 0.6 is 0 Å². The third kappa shape index (κ3) is 2.95. The van der Waals surface area contributed by atoms with Crippen LogP contribution in [0.4, 0.5) is 14.5 Å². The summed E-state index contributed by atoms with van der Waals surface area (Å²) in [5, 5.41) is 6.57. The van der Waals surface area contributed by atoms with Crippen molar-refractivity contribution < 1.29 is 13.6 Å². The lowest BCUT2D eigenvalue weighted by molar-refractivity contribution is -0.140. The van der Waals surface area contributed by atoms with Crippen molar-refractivity contribution in [1.82, 2.24) is 20.1 Å². The molecule has 0 bridgehead atoms. The molecule has 1 unspecified atom stereocenters. The summed E-state index contributed by atoms with van der Waals surface area (Å²) in [4.78, 5) is 17.3. The Balaban J connectivity index is 1.90. The van der Waals surface area contributed by atoms with E-state index >= 15 is 0 Å². The second-order valence-electron chi connectivity index (χ2n) is 5.96. The van der Waals surface area contributed by atoms with Crippen molar-refractivity contribution in [3.8, 4) is 5.69 Å². The lowest BCUT2D eigenvalue weighted by Gasteiger charge is -2.39. The number of nitrogens with one attached hydrogen (secondary N) is 1. The molecule has 2 aromatic rings. The topological polar surface area (TPSA) is 63.1 Å². The molecular formula is C16H19F2N5O. The molecule has 1 aliphatic rings. The smallest absolute Gasteiger partial charge is 0.276 e. The van der Waals surface area contributed by atoms with Crippen LogP contribution in [0.15, 0.2) is 30.9 Å². The molecule has 8 heteroatoms. The Bertz CT molecular complexity index is 746. The van der Waals surface area contributed by atoms with Crippen molar-refractivity contribution in [2.45, 2.75) is 19.3 Å². The second-order valence-corrected chi connectivity index (χ2v) is 5.96. The van der Waals surface area contributed by atoms with Gasteiger partial charge in [-0.05, 0) is 25.0 Å². The van der Waals surface area contributed by atoms with Crippen LogP contribution in [0.2, 0.25) is 0 Å². The summed E-state index contributed by atoms with van der Waals surface area (Å²) in [5.41, 5.74) is 2.24. The molecule has 6 nitrogen and oxygen atoms in total. The number of anilines is 1. The highest BCUT2D eigenvalue weighted by molar-refractivity contribution is 5.80. The first kappa shape index (κ1) is 16.4. The molecule has 1 aliphatic heterocycles. The summed E-state index contributed by atoms with van der Waals surface area (Å²) in [6, 6.07) is 1.74. The van der Waals surface area contributed by atoms with Gasteiger partial charge >= 0.3 is 0 Å². The van der Waals surface area contributed by atoms with Gasteiger partial charge < -0.3 is 10.2 Å². The number of hydrogen-bond acceptors (Lipinski definition) is 4. The van der Waals surface area contributed by atoms with Crippen LogP contribution < -0.4 is 10.2 Å². The van der Waals surface area contributed by atoms with E-state index in [1.54, 1.807) is 34.2 Å². The number of alkyl halides is 2. The molecule has 3 rings (SSSR count). The number of rotatable bonds is 3. The van der Waals surface area contributed by atoms with Gasteiger partial charge in [0.25, 0.3) is 5.92 Å². The van der Waals surface area contributed by atoms with Crippen molar-refractivity contribution in [3.63, 3.8) is 0 Å². The summed E-state index contributed by atoms with van der Waals surface area (Å²) in [6.45, 7) is 1.74. The number of aromatic nitrogens is 3.